The van der Waals surface area contributed by atoms with Gasteiger partial charge >= 0.3 is 0 Å². The van der Waals surface area contributed by atoms with Crippen molar-refractivity contribution in [1.82, 2.24) is 4.90 Å². The normalized spacial score (nSPS) is 21.1. The predicted molar refractivity (Wildman–Crippen MR) is 71.6 cm³/mol. The zero-order chi connectivity index (χ0) is 13.3. The van der Waals surface area contributed by atoms with Gasteiger partial charge in [-0.3, -0.25) is 4.79 Å². The number of likely N-dealkylation sites (tertiary alicyclic amines) is 1. The Labute approximate surface area is 111 Å². The Morgan fingerprint density at radius 1 is 1.61 bits per heavy atom. The number of benzene rings is 1. The molecule has 98 valence electrons. The van der Waals surface area contributed by atoms with Gasteiger partial charge in [-0.1, -0.05) is 11.6 Å². The molecule has 1 saturated heterocycles. The van der Waals surface area contributed by atoms with Gasteiger partial charge in [0.2, 0.25) is 0 Å². The van der Waals surface area contributed by atoms with E-state index in [0.29, 0.717) is 29.4 Å². The van der Waals surface area contributed by atoms with Crippen LogP contribution in [0.15, 0.2) is 18.2 Å². The summed E-state index contributed by atoms with van der Waals surface area (Å²) in [6, 6.07) is 4.91. The van der Waals surface area contributed by atoms with Crippen LogP contribution in [0.4, 0.5) is 5.69 Å². The fourth-order valence-corrected chi connectivity index (χ4v) is 2.39. The van der Waals surface area contributed by atoms with Crippen molar-refractivity contribution in [3.8, 4) is 0 Å². The van der Waals surface area contributed by atoms with Gasteiger partial charge in [-0.25, -0.2) is 0 Å². The molecule has 3 N–H and O–H groups in total. The minimum Gasteiger partial charge on any atom is -0.398 e. The Bertz CT molecular complexity index is 462. The highest BCUT2D eigenvalue weighted by atomic mass is 35.5. The second-order valence-corrected chi connectivity index (χ2v) is 5.18. The number of amides is 1. The summed E-state index contributed by atoms with van der Waals surface area (Å²) in [5, 5.41) is 9.92. The van der Waals surface area contributed by atoms with E-state index in [-0.39, 0.29) is 17.9 Å². The molecule has 18 heavy (non-hydrogen) atoms. The largest absolute Gasteiger partial charge is 0.398 e. The van der Waals surface area contributed by atoms with E-state index in [1.807, 2.05) is 0 Å². The van der Waals surface area contributed by atoms with Crippen LogP contribution in [-0.4, -0.2) is 35.1 Å². The van der Waals surface area contributed by atoms with Crippen LogP contribution in [0.3, 0.4) is 0 Å². The van der Waals surface area contributed by atoms with Crippen molar-refractivity contribution in [3.05, 3.63) is 28.8 Å². The van der Waals surface area contributed by atoms with E-state index in [4.69, 9.17) is 17.3 Å². The molecule has 2 rings (SSSR count). The average Bonchev–Trinajstić information content (AvgIpc) is 2.81. The van der Waals surface area contributed by atoms with Gasteiger partial charge in [-0.05, 0) is 31.5 Å². The zero-order valence-corrected chi connectivity index (χ0v) is 11.0. The summed E-state index contributed by atoms with van der Waals surface area (Å²) >= 11 is 5.91. The monoisotopic (exact) mass is 268 g/mol. The standard InChI is InChI=1S/C13H17ClN2O2/c1-8(17)10-4-5-16(7-10)13(18)9-2-3-12(15)11(14)6-9/h2-3,6,8,10,17H,4-5,7,15H2,1H3. The molecule has 5 heteroatoms. The van der Waals surface area contributed by atoms with Crippen LogP contribution in [0, 0.1) is 5.92 Å². The van der Waals surface area contributed by atoms with Gasteiger partial charge < -0.3 is 15.7 Å². The maximum Gasteiger partial charge on any atom is 0.253 e. The summed E-state index contributed by atoms with van der Waals surface area (Å²) in [5.74, 6) is 0.109. The maximum absolute atomic E-state index is 12.2. The van der Waals surface area contributed by atoms with Crippen LogP contribution in [-0.2, 0) is 0 Å². The van der Waals surface area contributed by atoms with Crippen molar-refractivity contribution in [3.63, 3.8) is 0 Å². The third-order valence-electron chi connectivity index (χ3n) is 3.44. The second-order valence-electron chi connectivity index (χ2n) is 4.78. The number of nitrogen functional groups attached to an aromatic ring is 1. The third kappa shape index (κ3) is 2.60. The summed E-state index contributed by atoms with van der Waals surface area (Å²) in [6.45, 7) is 3.04. The number of carbonyl (C=O) groups excluding carboxylic acids is 1. The average molecular weight is 269 g/mol. The quantitative estimate of drug-likeness (QED) is 0.804. The van der Waals surface area contributed by atoms with Crippen LogP contribution < -0.4 is 5.73 Å². The van der Waals surface area contributed by atoms with Crippen molar-refractivity contribution >= 4 is 23.2 Å². The molecule has 1 amide bonds. The van der Waals surface area contributed by atoms with Gasteiger partial charge in [-0.15, -0.1) is 0 Å². The van der Waals surface area contributed by atoms with Crippen LogP contribution in [0.1, 0.15) is 23.7 Å². The molecule has 1 aliphatic rings. The number of halogens is 1. The van der Waals surface area contributed by atoms with Gasteiger partial charge in [-0.2, -0.15) is 0 Å². The molecule has 1 aromatic rings. The molecule has 0 aliphatic carbocycles. The summed E-state index contributed by atoms with van der Waals surface area (Å²) in [7, 11) is 0. The fourth-order valence-electron chi connectivity index (χ4n) is 2.21. The first kappa shape index (κ1) is 13.2. The van der Waals surface area contributed by atoms with Crippen LogP contribution in [0.2, 0.25) is 5.02 Å². The lowest BCUT2D eigenvalue weighted by Gasteiger charge is -2.18. The Hall–Kier alpha value is -1.26. The first-order chi connectivity index (χ1) is 8.49. The van der Waals surface area contributed by atoms with Crippen LogP contribution >= 0.6 is 11.6 Å². The number of carbonyl (C=O) groups is 1. The Kier molecular flexibility index (Phi) is 3.78. The first-order valence-corrected chi connectivity index (χ1v) is 6.39. The lowest BCUT2D eigenvalue weighted by Crippen LogP contribution is -2.30. The minimum absolute atomic E-state index is 0.0555. The molecule has 2 unspecified atom stereocenters. The Morgan fingerprint density at radius 2 is 2.33 bits per heavy atom. The van der Waals surface area contributed by atoms with Crippen molar-refractivity contribution < 1.29 is 9.90 Å². The summed E-state index contributed by atoms with van der Waals surface area (Å²) < 4.78 is 0. The predicted octanol–water partition coefficient (Wildman–Crippen LogP) is 1.77. The summed E-state index contributed by atoms with van der Waals surface area (Å²) in [4.78, 5) is 14.0. The number of hydrogen-bond donors (Lipinski definition) is 2. The number of hydrogen-bond acceptors (Lipinski definition) is 3. The highest BCUT2D eigenvalue weighted by Gasteiger charge is 2.29. The van der Waals surface area contributed by atoms with Crippen molar-refractivity contribution in [2.45, 2.75) is 19.4 Å². The van der Waals surface area contributed by atoms with Crippen molar-refractivity contribution in [2.24, 2.45) is 5.92 Å². The van der Waals surface area contributed by atoms with E-state index in [1.54, 1.807) is 30.0 Å². The number of aliphatic hydroxyl groups excluding tert-OH is 1. The third-order valence-corrected chi connectivity index (χ3v) is 3.77. The van der Waals surface area contributed by atoms with Gasteiger partial charge in [0.05, 0.1) is 16.8 Å². The SMILES string of the molecule is CC(O)C1CCN(C(=O)c2ccc(N)c(Cl)c2)C1. The molecule has 0 aromatic heterocycles. The molecular formula is C13H17ClN2O2. The Balaban J connectivity index is 2.10. The maximum atomic E-state index is 12.2. The smallest absolute Gasteiger partial charge is 0.253 e. The zero-order valence-electron chi connectivity index (χ0n) is 10.3. The van der Waals surface area contributed by atoms with Gasteiger partial charge in [0.25, 0.3) is 5.91 Å². The first-order valence-electron chi connectivity index (χ1n) is 6.01. The van der Waals surface area contributed by atoms with Crippen molar-refractivity contribution in [2.75, 3.05) is 18.8 Å². The molecule has 1 aromatic carbocycles. The van der Waals surface area contributed by atoms with Gasteiger partial charge in [0.1, 0.15) is 0 Å². The molecular weight excluding hydrogens is 252 g/mol. The van der Waals surface area contributed by atoms with E-state index in [1.165, 1.54) is 0 Å². The molecule has 1 aliphatic heterocycles. The van der Waals surface area contributed by atoms with E-state index >= 15 is 0 Å². The molecule has 0 bridgehead atoms. The molecule has 1 fully saturated rings. The van der Waals surface area contributed by atoms with Gasteiger partial charge in [0, 0.05) is 24.6 Å². The second kappa shape index (κ2) is 5.16. The van der Waals surface area contributed by atoms with Crippen LogP contribution in [0.5, 0.6) is 0 Å². The van der Waals surface area contributed by atoms with E-state index in [9.17, 15) is 9.90 Å². The minimum atomic E-state index is -0.377. The number of anilines is 1. The number of nitrogens with zero attached hydrogens (tertiary/aromatic N) is 1. The Morgan fingerprint density at radius 3 is 2.89 bits per heavy atom. The van der Waals surface area contributed by atoms with Gasteiger partial charge in [0.15, 0.2) is 0 Å². The number of rotatable bonds is 2. The number of aliphatic hydroxyl groups is 1. The van der Waals surface area contributed by atoms with Crippen LogP contribution in [0.25, 0.3) is 0 Å². The molecule has 4 nitrogen and oxygen atoms in total. The van der Waals surface area contributed by atoms with E-state index in [2.05, 4.69) is 0 Å². The highest BCUT2D eigenvalue weighted by Crippen LogP contribution is 2.24. The van der Waals surface area contributed by atoms with E-state index < -0.39 is 0 Å². The lowest BCUT2D eigenvalue weighted by molar-refractivity contribution is 0.0762. The summed E-state index contributed by atoms with van der Waals surface area (Å²) in [5.41, 5.74) is 6.63. The van der Waals surface area contributed by atoms with E-state index in [0.717, 1.165) is 6.42 Å². The molecule has 0 radical (unpaired) electrons. The molecule has 2 atom stereocenters. The summed E-state index contributed by atoms with van der Waals surface area (Å²) in [6.07, 6.45) is 0.462. The highest BCUT2D eigenvalue weighted by molar-refractivity contribution is 6.33. The number of nitrogens with two attached hydrogens (primary N) is 1. The van der Waals surface area contributed by atoms with Crippen molar-refractivity contribution in [1.29, 1.82) is 0 Å². The fraction of sp³-hybridized carbons (Fsp3) is 0.462. The molecule has 0 saturated carbocycles. The molecule has 1 heterocycles. The lowest BCUT2D eigenvalue weighted by atomic mass is 10.0. The topological polar surface area (TPSA) is 66.6 Å². The molecule has 0 spiro atoms.